The minimum absolute atomic E-state index is 0.0859. The zero-order chi connectivity index (χ0) is 30.7. The third-order valence-electron chi connectivity index (χ3n) is 7.38. The van der Waals surface area contributed by atoms with Gasteiger partial charge in [0.05, 0.1) is 0 Å². The number of fused-ring (bicyclic) bond motifs is 7. The summed E-state index contributed by atoms with van der Waals surface area (Å²) >= 11 is 0. The van der Waals surface area contributed by atoms with Crippen molar-refractivity contribution in [1.82, 2.24) is 4.49 Å². The van der Waals surface area contributed by atoms with Gasteiger partial charge in [0, 0.05) is 22.3 Å². The van der Waals surface area contributed by atoms with Crippen LogP contribution in [0.4, 0.5) is 13.2 Å². The summed E-state index contributed by atoms with van der Waals surface area (Å²) in [5.41, 5.74) is -3.01. The van der Waals surface area contributed by atoms with Crippen molar-refractivity contribution in [3.63, 3.8) is 0 Å². The Bertz CT molecular complexity index is 2110. The van der Waals surface area contributed by atoms with Crippen LogP contribution >= 0.6 is 7.75 Å². The minimum Gasteiger partial charge on any atom is -0.403 e. The molecule has 0 aromatic heterocycles. The molecule has 0 spiro atoms. The Balaban J connectivity index is 1.68. The second-order valence-corrected chi connectivity index (χ2v) is 13.7. The van der Waals surface area contributed by atoms with Crippen LogP contribution in [0.5, 0.6) is 11.5 Å². The molecule has 6 nitrogen and oxygen atoms in total. The highest BCUT2D eigenvalue weighted by Gasteiger charge is 2.53. The third-order valence-corrected chi connectivity index (χ3v) is 10.7. The van der Waals surface area contributed by atoms with Crippen LogP contribution < -0.4 is 13.5 Å². The Hall–Kier alpha value is -4.63. The van der Waals surface area contributed by atoms with Crippen molar-refractivity contribution >= 4 is 39.3 Å². The molecule has 11 heteroatoms. The van der Waals surface area contributed by atoms with E-state index < -0.39 is 23.3 Å². The molecule has 0 saturated carbocycles. The summed E-state index contributed by atoms with van der Waals surface area (Å²) in [6.45, 7) is 0. The fourth-order valence-electron chi connectivity index (χ4n) is 5.50. The number of halogens is 3. The molecule has 6 aromatic carbocycles. The van der Waals surface area contributed by atoms with Gasteiger partial charge in [0.2, 0.25) is 0 Å². The Labute approximate surface area is 250 Å². The summed E-state index contributed by atoms with van der Waals surface area (Å²) in [7, 11) is -11.5. The van der Waals surface area contributed by atoms with Crippen molar-refractivity contribution < 1.29 is 35.2 Å². The van der Waals surface area contributed by atoms with E-state index in [0.717, 1.165) is 10.8 Å². The van der Waals surface area contributed by atoms with Gasteiger partial charge in [0.15, 0.2) is 0 Å². The lowest BCUT2D eigenvalue weighted by atomic mass is 9.86. The quantitative estimate of drug-likeness (QED) is 0.196. The second kappa shape index (κ2) is 10.2. The molecule has 1 aliphatic rings. The molecule has 0 aliphatic carbocycles. The Morgan fingerprint density at radius 2 is 0.977 bits per heavy atom. The van der Waals surface area contributed by atoms with E-state index in [1.54, 1.807) is 84.9 Å². The highest BCUT2D eigenvalue weighted by molar-refractivity contribution is 7.95. The van der Waals surface area contributed by atoms with Gasteiger partial charge >= 0.3 is 23.3 Å². The average Bonchev–Trinajstić information content (AvgIpc) is 3.14. The molecule has 6 aromatic rings. The zero-order valence-corrected chi connectivity index (χ0v) is 24.3. The minimum atomic E-state index is -6.18. The predicted molar refractivity (Wildman–Crippen MR) is 165 cm³/mol. The monoisotopic (exact) mass is 631 g/mol. The molecule has 7 rings (SSSR count). The summed E-state index contributed by atoms with van der Waals surface area (Å²) < 4.78 is 93.4. The van der Waals surface area contributed by atoms with E-state index in [1.165, 1.54) is 4.49 Å². The van der Waals surface area contributed by atoms with E-state index in [9.17, 15) is 26.2 Å². The van der Waals surface area contributed by atoms with E-state index in [1.807, 2.05) is 36.4 Å². The summed E-state index contributed by atoms with van der Waals surface area (Å²) in [5.74, 6) is -0.172. The first-order valence-corrected chi connectivity index (χ1v) is 16.4. The van der Waals surface area contributed by atoms with Gasteiger partial charge < -0.3 is 9.05 Å². The molecule has 0 amide bonds. The fraction of sp³-hybridized carbons (Fsp3) is 0.0303. The van der Waals surface area contributed by atoms with Gasteiger partial charge in [0.1, 0.15) is 11.5 Å². The molecule has 1 N–H and O–H groups in total. The maximum Gasteiger partial charge on any atom is 0.526 e. The lowest BCUT2D eigenvalue weighted by Crippen LogP contribution is -2.36. The van der Waals surface area contributed by atoms with Crippen LogP contribution in [0, 0.1) is 0 Å². The molecule has 0 unspecified atom stereocenters. The number of benzene rings is 6. The molecule has 1 heterocycles. The van der Waals surface area contributed by atoms with Crippen LogP contribution in [0.25, 0.3) is 54.9 Å². The van der Waals surface area contributed by atoms with Crippen molar-refractivity contribution in [3.05, 3.63) is 121 Å². The Morgan fingerprint density at radius 1 is 0.591 bits per heavy atom. The summed E-state index contributed by atoms with van der Waals surface area (Å²) in [4.78, 5) is 0. The zero-order valence-electron chi connectivity index (χ0n) is 22.6. The van der Waals surface area contributed by atoms with Crippen molar-refractivity contribution in [2.24, 2.45) is 0 Å². The first-order valence-electron chi connectivity index (χ1n) is 13.4. The topological polar surface area (TPSA) is 81.7 Å². The number of nitrogens with one attached hydrogen (secondary N) is 1. The van der Waals surface area contributed by atoms with Gasteiger partial charge in [-0.1, -0.05) is 114 Å². The molecule has 0 atom stereocenters. The largest absolute Gasteiger partial charge is 0.526 e. The lowest BCUT2D eigenvalue weighted by molar-refractivity contribution is -0.0443. The first-order chi connectivity index (χ1) is 21.0. The summed E-state index contributed by atoms with van der Waals surface area (Å²) in [5, 5.41) is 2.80. The average molecular weight is 632 g/mol. The number of sulfonamides is 1. The molecule has 1 aliphatic heterocycles. The SMILES string of the molecule is O=P1(NS(=O)(=O)C(F)(F)F)Oc2c(-c3ccccc3)cc3ccccc3c2-c2c(c(-c3ccccc3)cc3ccccc23)O1. The summed E-state index contributed by atoms with van der Waals surface area (Å²) in [6.07, 6.45) is 0. The molecule has 0 radical (unpaired) electrons. The van der Waals surface area contributed by atoms with E-state index in [2.05, 4.69) is 0 Å². The first kappa shape index (κ1) is 28.2. The maximum atomic E-state index is 14.4. The lowest BCUT2D eigenvalue weighted by Gasteiger charge is -2.22. The molecule has 0 bridgehead atoms. The molecule has 0 saturated heterocycles. The van der Waals surface area contributed by atoms with Crippen LogP contribution in [-0.4, -0.2) is 13.9 Å². The van der Waals surface area contributed by atoms with Gasteiger partial charge in [-0.25, -0.2) is 13.0 Å². The predicted octanol–water partition coefficient (Wildman–Crippen LogP) is 9.31. The van der Waals surface area contributed by atoms with Gasteiger partial charge in [-0.3, -0.25) is 0 Å². The van der Waals surface area contributed by atoms with Crippen molar-refractivity contribution in [1.29, 1.82) is 0 Å². The van der Waals surface area contributed by atoms with Crippen molar-refractivity contribution in [3.8, 4) is 44.9 Å². The third kappa shape index (κ3) is 4.72. The van der Waals surface area contributed by atoms with E-state index in [4.69, 9.17) is 9.05 Å². The van der Waals surface area contributed by atoms with E-state index in [-0.39, 0.29) is 11.5 Å². The van der Waals surface area contributed by atoms with Crippen LogP contribution in [0.2, 0.25) is 0 Å². The second-order valence-electron chi connectivity index (χ2n) is 10.2. The standard InChI is InChI=1S/C33H21F3NO5PS/c34-33(35,36)44(39,40)37-43(38)41-31-27(21-11-3-1-4-12-21)19-23-15-7-9-17-25(23)29(31)30-26-18-10-8-16-24(26)20-28(32(30)42-43)22-13-5-2-6-14-22/h1-20H,(H,37,38). The van der Waals surface area contributed by atoms with Crippen molar-refractivity contribution in [2.75, 3.05) is 0 Å². The molecule has 44 heavy (non-hydrogen) atoms. The Kier molecular flexibility index (Phi) is 6.55. The van der Waals surface area contributed by atoms with Crippen LogP contribution in [0.3, 0.4) is 0 Å². The van der Waals surface area contributed by atoms with E-state index >= 15 is 0 Å². The number of alkyl halides is 3. The highest BCUT2D eigenvalue weighted by Crippen LogP contribution is 2.62. The molecule has 220 valence electrons. The van der Waals surface area contributed by atoms with Crippen LogP contribution in [0.1, 0.15) is 0 Å². The molecular weight excluding hydrogens is 610 g/mol. The number of rotatable bonds is 4. The fourth-order valence-corrected chi connectivity index (χ4v) is 8.29. The maximum absolute atomic E-state index is 14.4. The molecule has 0 fully saturated rings. The van der Waals surface area contributed by atoms with E-state index in [0.29, 0.717) is 44.2 Å². The van der Waals surface area contributed by atoms with Gasteiger partial charge in [-0.2, -0.15) is 13.2 Å². The van der Waals surface area contributed by atoms with Gasteiger partial charge in [-0.05, 0) is 44.8 Å². The number of hydrogen-bond acceptors (Lipinski definition) is 5. The van der Waals surface area contributed by atoms with Gasteiger partial charge in [0.25, 0.3) is 0 Å². The molecular formula is C33H21F3NO5PS. The number of hydrogen-bond donors (Lipinski definition) is 1. The van der Waals surface area contributed by atoms with Crippen molar-refractivity contribution in [2.45, 2.75) is 5.51 Å². The summed E-state index contributed by atoms with van der Waals surface area (Å²) in [6, 6.07) is 35.9. The highest BCUT2D eigenvalue weighted by atomic mass is 32.2. The van der Waals surface area contributed by atoms with Crippen LogP contribution in [-0.2, 0) is 14.6 Å². The smallest absolute Gasteiger partial charge is 0.403 e. The van der Waals surface area contributed by atoms with Crippen LogP contribution in [0.15, 0.2) is 121 Å². The normalized spacial score (nSPS) is 14.2. The Morgan fingerprint density at radius 3 is 1.39 bits per heavy atom. The van der Waals surface area contributed by atoms with Gasteiger partial charge in [-0.15, -0.1) is 0 Å².